The first-order chi connectivity index (χ1) is 9.89. The summed E-state index contributed by atoms with van der Waals surface area (Å²) in [7, 11) is 0. The Kier molecular flexibility index (Phi) is 2.90. The number of fused-ring (bicyclic) bond motifs is 1. The number of esters is 1. The van der Waals surface area contributed by atoms with Gasteiger partial charge in [0.05, 0.1) is 0 Å². The van der Waals surface area contributed by atoms with E-state index in [0.29, 0.717) is 11.3 Å². The maximum Gasteiger partial charge on any atom is 0.349 e. The van der Waals surface area contributed by atoms with E-state index in [1.165, 1.54) is 0 Å². The quantitative estimate of drug-likeness (QED) is 0.812. The lowest BCUT2D eigenvalue weighted by Crippen LogP contribution is -2.39. The SMILES string of the molecule is Cc1cc2c(c(O)c1-c1ccccc1)C(=O)OC(C)(C)O2. The van der Waals surface area contributed by atoms with E-state index < -0.39 is 11.8 Å². The van der Waals surface area contributed by atoms with Gasteiger partial charge in [-0.1, -0.05) is 30.3 Å². The van der Waals surface area contributed by atoms with Crippen molar-refractivity contribution in [2.75, 3.05) is 0 Å². The molecule has 0 saturated carbocycles. The molecular formula is C17H16O4. The van der Waals surface area contributed by atoms with Crippen molar-refractivity contribution in [2.24, 2.45) is 0 Å². The van der Waals surface area contributed by atoms with Crippen molar-refractivity contribution in [3.8, 4) is 22.6 Å². The van der Waals surface area contributed by atoms with Gasteiger partial charge < -0.3 is 14.6 Å². The summed E-state index contributed by atoms with van der Waals surface area (Å²) in [6, 6.07) is 11.2. The molecule has 1 aliphatic heterocycles. The zero-order chi connectivity index (χ0) is 15.2. The van der Waals surface area contributed by atoms with Crippen LogP contribution in [0.15, 0.2) is 36.4 Å². The van der Waals surface area contributed by atoms with E-state index in [4.69, 9.17) is 9.47 Å². The summed E-state index contributed by atoms with van der Waals surface area (Å²) in [5.74, 6) is -1.35. The Morgan fingerprint density at radius 2 is 1.71 bits per heavy atom. The molecule has 21 heavy (non-hydrogen) atoms. The van der Waals surface area contributed by atoms with Gasteiger partial charge in [0.25, 0.3) is 0 Å². The first-order valence-corrected chi connectivity index (χ1v) is 6.73. The van der Waals surface area contributed by atoms with E-state index in [0.717, 1.165) is 11.1 Å². The van der Waals surface area contributed by atoms with Gasteiger partial charge in [0.1, 0.15) is 17.1 Å². The molecular weight excluding hydrogens is 268 g/mol. The number of aromatic hydroxyl groups is 1. The van der Waals surface area contributed by atoms with Gasteiger partial charge in [-0.25, -0.2) is 4.79 Å². The third-order valence-electron chi connectivity index (χ3n) is 3.42. The third-order valence-corrected chi connectivity index (χ3v) is 3.42. The number of ether oxygens (including phenoxy) is 2. The van der Waals surface area contributed by atoms with Gasteiger partial charge in [-0.2, -0.15) is 0 Å². The first-order valence-electron chi connectivity index (χ1n) is 6.73. The highest BCUT2D eigenvalue weighted by molar-refractivity contribution is 6.00. The van der Waals surface area contributed by atoms with Crippen molar-refractivity contribution < 1.29 is 19.4 Å². The number of carbonyl (C=O) groups excluding carboxylic acids is 1. The number of hydrogen-bond acceptors (Lipinski definition) is 4. The Bertz CT molecular complexity index is 717. The molecule has 0 bridgehead atoms. The van der Waals surface area contributed by atoms with Crippen molar-refractivity contribution in [3.63, 3.8) is 0 Å². The molecule has 0 aliphatic carbocycles. The van der Waals surface area contributed by atoms with Crippen LogP contribution in [0.25, 0.3) is 11.1 Å². The van der Waals surface area contributed by atoms with Crippen LogP contribution in [0.5, 0.6) is 11.5 Å². The monoisotopic (exact) mass is 284 g/mol. The molecule has 0 spiro atoms. The number of carbonyl (C=O) groups is 1. The molecule has 0 fully saturated rings. The number of phenolic OH excluding ortho intramolecular Hbond substituents is 1. The Balaban J connectivity index is 2.24. The van der Waals surface area contributed by atoms with Gasteiger partial charge in [0.15, 0.2) is 0 Å². The molecule has 0 radical (unpaired) electrons. The average Bonchev–Trinajstić information content (AvgIpc) is 2.37. The Morgan fingerprint density at radius 3 is 2.38 bits per heavy atom. The number of aryl methyl sites for hydroxylation is 1. The highest BCUT2D eigenvalue weighted by Gasteiger charge is 2.37. The van der Waals surface area contributed by atoms with Crippen molar-refractivity contribution in [1.82, 2.24) is 0 Å². The second kappa shape index (κ2) is 4.52. The molecule has 1 N–H and O–H groups in total. The van der Waals surface area contributed by atoms with Gasteiger partial charge in [-0.3, -0.25) is 0 Å². The van der Waals surface area contributed by atoms with Gasteiger partial charge in [0, 0.05) is 19.4 Å². The van der Waals surface area contributed by atoms with Crippen molar-refractivity contribution in [2.45, 2.75) is 26.6 Å². The fourth-order valence-electron chi connectivity index (χ4n) is 2.58. The lowest BCUT2D eigenvalue weighted by Gasteiger charge is -2.32. The normalized spacial score (nSPS) is 15.9. The number of phenols is 1. The zero-order valence-corrected chi connectivity index (χ0v) is 12.1. The van der Waals surface area contributed by atoms with E-state index in [1.54, 1.807) is 19.9 Å². The molecule has 2 aromatic rings. The van der Waals surface area contributed by atoms with E-state index in [-0.39, 0.29) is 11.3 Å². The second-order valence-corrected chi connectivity index (χ2v) is 5.55. The van der Waals surface area contributed by atoms with Crippen LogP contribution in [0, 0.1) is 6.92 Å². The molecule has 0 unspecified atom stereocenters. The predicted molar refractivity (Wildman–Crippen MR) is 78.4 cm³/mol. The summed E-state index contributed by atoms with van der Waals surface area (Å²) < 4.78 is 10.8. The molecule has 0 aromatic heterocycles. The van der Waals surface area contributed by atoms with Crippen molar-refractivity contribution >= 4 is 5.97 Å². The molecule has 4 nitrogen and oxygen atoms in total. The van der Waals surface area contributed by atoms with Crippen LogP contribution in [-0.4, -0.2) is 16.9 Å². The van der Waals surface area contributed by atoms with Gasteiger partial charge in [-0.05, 0) is 24.1 Å². The Labute approximate surface area is 122 Å². The van der Waals surface area contributed by atoms with Crippen LogP contribution in [-0.2, 0) is 4.74 Å². The molecule has 2 aromatic carbocycles. The van der Waals surface area contributed by atoms with Crippen LogP contribution in [0.1, 0.15) is 29.8 Å². The number of benzene rings is 2. The molecule has 0 amide bonds. The summed E-state index contributed by atoms with van der Waals surface area (Å²) in [5, 5.41) is 10.5. The van der Waals surface area contributed by atoms with Gasteiger partial charge >= 0.3 is 5.97 Å². The third kappa shape index (κ3) is 2.23. The molecule has 1 heterocycles. The largest absolute Gasteiger partial charge is 0.506 e. The van der Waals surface area contributed by atoms with Crippen LogP contribution < -0.4 is 4.74 Å². The fraction of sp³-hybridized carbons (Fsp3) is 0.235. The highest BCUT2D eigenvalue weighted by atomic mass is 16.7. The van der Waals surface area contributed by atoms with Gasteiger partial charge in [-0.15, -0.1) is 0 Å². The average molecular weight is 284 g/mol. The summed E-state index contributed by atoms with van der Waals surface area (Å²) in [5.41, 5.74) is 2.38. The molecule has 108 valence electrons. The number of rotatable bonds is 1. The Hall–Kier alpha value is -2.49. The summed E-state index contributed by atoms with van der Waals surface area (Å²) in [6.07, 6.45) is 0. The smallest absolute Gasteiger partial charge is 0.349 e. The van der Waals surface area contributed by atoms with E-state index >= 15 is 0 Å². The lowest BCUT2D eigenvalue weighted by atomic mass is 9.95. The Morgan fingerprint density at radius 1 is 1.05 bits per heavy atom. The number of cyclic esters (lactones) is 1. The van der Waals surface area contributed by atoms with E-state index in [1.807, 2.05) is 37.3 Å². The molecule has 0 saturated heterocycles. The highest BCUT2D eigenvalue weighted by Crippen LogP contribution is 2.44. The maximum atomic E-state index is 12.2. The minimum absolute atomic E-state index is 0.0822. The molecule has 0 atom stereocenters. The molecule has 1 aliphatic rings. The minimum Gasteiger partial charge on any atom is -0.506 e. The summed E-state index contributed by atoms with van der Waals surface area (Å²) >= 11 is 0. The molecule has 4 heteroatoms. The van der Waals surface area contributed by atoms with Gasteiger partial charge in [0.2, 0.25) is 5.79 Å². The first kappa shape index (κ1) is 13.5. The van der Waals surface area contributed by atoms with E-state index in [9.17, 15) is 9.90 Å². The minimum atomic E-state index is -1.03. The maximum absolute atomic E-state index is 12.2. The second-order valence-electron chi connectivity index (χ2n) is 5.55. The molecule has 3 rings (SSSR count). The zero-order valence-electron chi connectivity index (χ0n) is 12.1. The van der Waals surface area contributed by atoms with Crippen LogP contribution in [0.4, 0.5) is 0 Å². The summed E-state index contributed by atoms with van der Waals surface area (Å²) in [6.45, 7) is 5.19. The van der Waals surface area contributed by atoms with E-state index in [2.05, 4.69) is 0 Å². The predicted octanol–water partition coefficient (Wildman–Crippen LogP) is 3.65. The lowest BCUT2D eigenvalue weighted by molar-refractivity contribution is -0.127. The van der Waals surface area contributed by atoms with Crippen LogP contribution in [0.2, 0.25) is 0 Å². The topological polar surface area (TPSA) is 55.8 Å². The van der Waals surface area contributed by atoms with Crippen molar-refractivity contribution in [3.05, 3.63) is 47.5 Å². The van der Waals surface area contributed by atoms with Crippen LogP contribution in [0.3, 0.4) is 0 Å². The summed E-state index contributed by atoms with van der Waals surface area (Å²) in [4.78, 5) is 12.2. The standard InChI is InChI=1S/C17H16O4/c1-10-9-12-14(16(19)21-17(2,3)20-12)15(18)13(10)11-7-5-4-6-8-11/h4-9,18H,1-3H3. The number of hydrogen-bond donors (Lipinski definition) is 1. The van der Waals surface area contributed by atoms with Crippen LogP contribution >= 0.6 is 0 Å². The fourth-order valence-corrected chi connectivity index (χ4v) is 2.58. The van der Waals surface area contributed by atoms with Crippen molar-refractivity contribution in [1.29, 1.82) is 0 Å².